The Morgan fingerprint density at radius 2 is 1.24 bits per heavy atom. The van der Waals surface area contributed by atoms with Crippen LogP contribution in [-0.2, 0) is 8.85 Å². The molecular formula is C20H46O3Si2. The van der Waals surface area contributed by atoms with E-state index in [0.29, 0.717) is 29.7 Å². The van der Waals surface area contributed by atoms with Crippen molar-refractivity contribution in [3.05, 3.63) is 0 Å². The molecule has 0 saturated heterocycles. The van der Waals surface area contributed by atoms with Crippen molar-refractivity contribution in [2.75, 3.05) is 13.2 Å². The highest BCUT2D eigenvalue weighted by Gasteiger charge is 2.50. The fourth-order valence-corrected chi connectivity index (χ4v) is 10.5. The van der Waals surface area contributed by atoms with Gasteiger partial charge in [0.25, 0.3) is 0 Å². The summed E-state index contributed by atoms with van der Waals surface area (Å²) in [6.07, 6.45) is 0.628. The normalized spacial score (nSPS) is 16.8. The SMILES string of the molecule is CC(C)[Si](O[C@](C)(CCO)CO[Si](C)(C)C(C)(C)C)(C(C)C)C(C)C. The molecule has 3 nitrogen and oxygen atoms in total. The van der Waals surface area contributed by atoms with E-state index in [-0.39, 0.29) is 11.6 Å². The van der Waals surface area contributed by atoms with Crippen molar-refractivity contribution in [2.45, 2.75) is 116 Å². The van der Waals surface area contributed by atoms with Crippen LogP contribution >= 0.6 is 0 Å². The minimum absolute atomic E-state index is 0.135. The number of aliphatic hydroxyl groups is 1. The van der Waals surface area contributed by atoms with Gasteiger partial charge in [0.05, 0.1) is 12.2 Å². The summed E-state index contributed by atoms with van der Waals surface area (Å²) in [6.45, 7) is 28.0. The summed E-state index contributed by atoms with van der Waals surface area (Å²) in [6, 6.07) is 0. The Labute approximate surface area is 160 Å². The van der Waals surface area contributed by atoms with Crippen LogP contribution in [0, 0.1) is 0 Å². The van der Waals surface area contributed by atoms with Crippen molar-refractivity contribution >= 4 is 16.6 Å². The van der Waals surface area contributed by atoms with Crippen LogP contribution in [0.25, 0.3) is 0 Å². The number of aliphatic hydroxyl groups excluding tert-OH is 1. The first-order valence-corrected chi connectivity index (χ1v) is 15.1. The number of hydrogen-bond donors (Lipinski definition) is 1. The van der Waals surface area contributed by atoms with Gasteiger partial charge in [-0.2, -0.15) is 0 Å². The second-order valence-electron chi connectivity index (χ2n) is 10.4. The molecule has 0 aliphatic rings. The third kappa shape index (κ3) is 6.16. The largest absolute Gasteiger partial charge is 0.414 e. The molecule has 1 atom stereocenters. The molecule has 0 unspecified atom stereocenters. The van der Waals surface area contributed by atoms with E-state index in [1.54, 1.807) is 0 Å². The Balaban J connectivity index is 5.63. The molecule has 0 bridgehead atoms. The van der Waals surface area contributed by atoms with Gasteiger partial charge in [-0.1, -0.05) is 62.3 Å². The van der Waals surface area contributed by atoms with Crippen LogP contribution in [-0.4, -0.2) is 40.6 Å². The molecule has 152 valence electrons. The maximum atomic E-state index is 9.70. The van der Waals surface area contributed by atoms with Crippen molar-refractivity contribution in [3.63, 3.8) is 0 Å². The Kier molecular flexibility index (Phi) is 9.12. The maximum absolute atomic E-state index is 9.70. The molecule has 0 fully saturated rings. The van der Waals surface area contributed by atoms with E-state index in [9.17, 15) is 5.11 Å². The van der Waals surface area contributed by atoms with Gasteiger partial charge in [-0.25, -0.2) is 0 Å². The number of rotatable bonds is 10. The van der Waals surface area contributed by atoms with Crippen molar-refractivity contribution in [1.82, 2.24) is 0 Å². The second-order valence-corrected chi connectivity index (χ2v) is 20.6. The van der Waals surface area contributed by atoms with E-state index >= 15 is 0 Å². The fraction of sp³-hybridized carbons (Fsp3) is 1.00. The molecule has 25 heavy (non-hydrogen) atoms. The standard InChI is InChI=1S/C20H46O3Si2/c1-16(2)25(17(3)4,18(5)6)23-20(10,13-14-21)15-22-24(11,12)19(7,8)9/h16-18,21H,13-15H2,1-12H3/t20-/m1/s1. The molecule has 0 aliphatic heterocycles. The van der Waals surface area contributed by atoms with Gasteiger partial charge in [-0.3, -0.25) is 0 Å². The molecule has 0 aromatic carbocycles. The summed E-state index contributed by atoms with van der Waals surface area (Å²) in [5.41, 5.74) is 1.16. The molecule has 5 heteroatoms. The van der Waals surface area contributed by atoms with E-state index in [4.69, 9.17) is 8.85 Å². The minimum atomic E-state index is -2.02. The highest BCUT2D eigenvalue weighted by Crippen LogP contribution is 2.46. The molecular weight excluding hydrogens is 344 g/mol. The Morgan fingerprint density at radius 3 is 1.52 bits per heavy atom. The van der Waals surface area contributed by atoms with Crippen molar-refractivity contribution in [3.8, 4) is 0 Å². The first kappa shape index (κ1) is 25.3. The van der Waals surface area contributed by atoms with Gasteiger partial charge in [-0.15, -0.1) is 0 Å². The van der Waals surface area contributed by atoms with E-state index in [1.807, 2.05) is 0 Å². The van der Waals surface area contributed by atoms with Crippen molar-refractivity contribution < 1.29 is 14.0 Å². The summed E-state index contributed by atoms with van der Waals surface area (Å²) >= 11 is 0. The number of hydrogen-bond acceptors (Lipinski definition) is 3. The van der Waals surface area contributed by atoms with Gasteiger partial charge < -0.3 is 14.0 Å². The summed E-state index contributed by atoms with van der Waals surface area (Å²) in [7, 11) is -3.87. The van der Waals surface area contributed by atoms with E-state index < -0.39 is 22.2 Å². The predicted octanol–water partition coefficient (Wildman–Crippen LogP) is 6.34. The van der Waals surface area contributed by atoms with Gasteiger partial charge >= 0.3 is 0 Å². The maximum Gasteiger partial charge on any atom is 0.201 e. The highest BCUT2D eigenvalue weighted by atomic mass is 28.4. The van der Waals surface area contributed by atoms with Crippen LogP contribution in [0.15, 0.2) is 0 Å². The van der Waals surface area contributed by atoms with E-state index in [0.717, 1.165) is 0 Å². The van der Waals surface area contributed by atoms with Crippen molar-refractivity contribution in [2.24, 2.45) is 0 Å². The third-order valence-corrected chi connectivity index (χ3v) is 17.1. The van der Waals surface area contributed by atoms with Gasteiger partial charge in [-0.05, 0) is 41.7 Å². The second kappa shape index (κ2) is 9.00. The summed E-state index contributed by atoms with van der Waals surface area (Å²) in [5, 5.41) is 9.87. The zero-order chi connectivity index (χ0) is 20.3. The summed E-state index contributed by atoms with van der Waals surface area (Å²) < 4.78 is 13.6. The molecule has 0 aliphatic carbocycles. The molecule has 1 N–H and O–H groups in total. The van der Waals surface area contributed by atoms with E-state index in [1.165, 1.54) is 0 Å². The first-order chi connectivity index (χ1) is 11.1. The zero-order valence-electron chi connectivity index (χ0n) is 19.1. The molecule has 0 rings (SSSR count). The van der Waals surface area contributed by atoms with Crippen LogP contribution in [0.1, 0.15) is 75.7 Å². The lowest BCUT2D eigenvalue weighted by atomic mass is 10.1. The third-order valence-electron chi connectivity index (χ3n) is 6.32. The minimum Gasteiger partial charge on any atom is -0.414 e. The molecule has 0 radical (unpaired) electrons. The van der Waals surface area contributed by atoms with Crippen LogP contribution in [0.5, 0.6) is 0 Å². The Morgan fingerprint density at radius 1 is 0.840 bits per heavy atom. The van der Waals surface area contributed by atoms with Gasteiger partial charge in [0.2, 0.25) is 8.32 Å². The molecule has 0 aromatic heterocycles. The molecule has 0 saturated carbocycles. The van der Waals surface area contributed by atoms with Gasteiger partial charge in [0.15, 0.2) is 8.32 Å². The van der Waals surface area contributed by atoms with Gasteiger partial charge in [0.1, 0.15) is 0 Å². The van der Waals surface area contributed by atoms with Crippen LogP contribution < -0.4 is 0 Å². The lowest BCUT2D eigenvalue weighted by Crippen LogP contribution is -2.56. The monoisotopic (exact) mass is 390 g/mol. The molecule has 0 heterocycles. The van der Waals surface area contributed by atoms with Gasteiger partial charge in [0, 0.05) is 13.0 Å². The summed E-state index contributed by atoms with van der Waals surface area (Å²) in [5.74, 6) is 0. The fourth-order valence-electron chi connectivity index (χ4n) is 3.72. The Hall–Kier alpha value is 0.314. The highest BCUT2D eigenvalue weighted by molar-refractivity contribution is 6.77. The Bertz CT molecular complexity index is 378. The van der Waals surface area contributed by atoms with E-state index in [2.05, 4.69) is 82.3 Å². The summed E-state index contributed by atoms with van der Waals surface area (Å²) in [4.78, 5) is 0. The topological polar surface area (TPSA) is 38.7 Å². The molecule has 0 aromatic rings. The first-order valence-electron chi connectivity index (χ1n) is 10.0. The predicted molar refractivity (Wildman–Crippen MR) is 115 cm³/mol. The average molecular weight is 391 g/mol. The molecule has 0 amide bonds. The lowest BCUT2D eigenvalue weighted by molar-refractivity contribution is -0.00417. The van der Waals surface area contributed by atoms with Crippen molar-refractivity contribution in [1.29, 1.82) is 0 Å². The molecule has 0 spiro atoms. The van der Waals surface area contributed by atoms with Crippen LogP contribution in [0.2, 0.25) is 34.8 Å². The van der Waals surface area contributed by atoms with Crippen LogP contribution in [0.3, 0.4) is 0 Å². The van der Waals surface area contributed by atoms with Crippen LogP contribution in [0.4, 0.5) is 0 Å². The average Bonchev–Trinajstić information content (AvgIpc) is 2.41. The quantitative estimate of drug-likeness (QED) is 0.442. The smallest absolute Gasteiger partial charge is 0.201 e. The lowest BCUT2D eigenvalue weighted by Gasteiger charge is -2.49. The zero-order valence-corrected chi connectivity index (χ0v) is 21.1.